The Morgan fingerprint density at radius 1 is 1.18 bits per heavy atom. The molecule has 2 fully saturated rings. The highest BCUT2D eigenvalue weighted by atomic mass is 16.2. The van der Waals surface area contributed by atoms with Crippen molar-refractivity contribution in [3.8, 4) is 0 Å². The summed E-state index contributed by atoms with van der Waals surface area (Å²) in [6.45, 7) is 3.46. The van der Waals surface area contributed by atoms with Gasteiger partial charge in [-0.15, -0.1) is 0 Å². The Hall–Kier alpha value is -1.89. The first kappa shape index (κ1) is 15.0. The summed E-state index contributed by atoms with van der Waals surface area (Å²) in [6.07, 6.45) is 8.22. The van der Waals surface area contributed by atoms with E-state index in [4.69, 9.17) is 0 Å². The number of piperidine rings is 1. The number of urea groups is 1. The smallest absolute Gasteiger partial charge is 0.315 e. The lowest BCUT2D eigenvalue weighted by atomic mass is 9.99. The van der Waals surface area contributed by atoms with Gasteiger partial charge in [0.25, 0.3) is 0 Å². The van der Waals surface area contributed by atoms with Crippen LogP contribution in [0.1, 0.15) is 25.7 Å². The van der Waals surface area contributed by atoms with Crippen LogP contribution in [0.15, 0.2) is 18.5 Å². The first-order chi connectivity index (χ1) is 10.8. The first-order valence-electron chi connectivity index (χ1n) is 8.12. The Bertz CT molecular complexity index is 482. The largest absolute Gasteiger partial charge is 0.352 e. The van der Waals surface area contributed by atoms with Crippen molar-refractivity contribution in [1.82, 2.24) is 25.5 Å². The highest BCUT2D eigenvalue weighted by molar-refractivity contribution is 5.74. The highest BCUT2D eigenvalue weighted by Gasteiger charge is 2.36. The van der Waals surface area contributed by atoms with Crippen molar-refractivity contribution in [2.45, 2.75) is 37.8 Å². The summed E-state index contributed by atoms with van der Waals surface area (Å²) in [7, 11) is 0. The van der Waals surface area contributed by atoms with Gasteiger partial charge in [-0.1, -0.05) is 6.42 Å². The minimum Gasteiger partial charge on any atom is -0.352 e. The number of aromatic nitrogens is 2. The lowest BCUT2D eigenvalue weighted by Crippen LogP contribution is -2.50. The average Bonchev–Trinajstić information content (AvgIpc) is 2.96. The number of nitrogens with one attached hydrogen (secondary N) is 3. The van der Waals surface area contributed by atoms with Crippen LogP contribution in [0, 0.1) is 0 Å². The molecule has 0 radical (unpaired) electrons. The number of amides is 2. The van der Waals surface area contributed by atoms with Crippen molar-refractivity contribution in [3.63, 3.8) is 0 Å². The Morgan fingerprint density at radius 2 is 2.05 bits per heavy atom. The Balaban J connectivity index is 1.34. The fourth-order valence-corrected chi connectivity index (χ4v) is 3.38. The van der Waals surface area contributed by atoms with Crippen molar-refractivity contribution in [2.75, 3.05) is 31.5 Å². The van der Waals surface area contributed by atoms with Crippen LogP contribution in [-0.2, 0) is 0 Å². The van der Waals surface area contributed by atoms with Gasteiger partial charge >= 0.3 is 6.03 Å². The summed E-state index contributed by atoms with van der Waals surface area (Å²) < 4.78 is 0. The van der Waals surface area contributed by atoms with Crippen LogP contribution in [0.4, 0.5) is 10.7 Å². The summed E-state index contributed by atoms with van der Waals surface area (Å²) in [5, 5.41) is 9.08. The second-order valence-corrected chi connectivity index (χ2v) is 5.89. The van der Waals surface area contributed by atoms with Gasteiger partial charge < -0.3 is 16.0 Å². The number of anilines is 1. The van der Waals surface area contributed by atoms with Crippen molar-refractivity contribution in [1.29, 1.82) is 0 Å². The summed E-state index contributed by atoms with van der Waals surface area (Å²) >= 11 is 0. The van der Waals surface area contributed by atoms with E-state index in [1.165, 1.54) is 25.8 Å². The van der Waals surface area contributed by atoms with Gasteiger partial charge in [-0.2, -0.15) is 0 Å². The summed E-state index contributed by atoms with van der Waals surface area (Å²) in [6, 6.07) is 2.53. The molecule has 7 heteroatoms. The predicted octanol–water partition coefficient (Wildman–Crippen LogP) is 0.814. The Morgan fingerprint density at radius 3 is 2.91 bits per heavy atom. The molecular formula is C15H24N6O. The zero-order valence-corrected chi connectivity index (χ0v) is 12.8. The Kier molecular flexibility index (Phi) is 5.05. The quantitative estimate of drug-likeness (QED) is 0.702. The number of rotatable bonds is 5. The van der Waals surface area contributed by atoms with Gasteiger partial charge in [-0.3, -0.25) is 4.90 Å². The van der Waals surface area contributed by atoms with Crippen molar-refractivity contribution >= 4 is 12.0 Å². The van der Waals surface area contributed by atoms with E-state index < -0.39 is 0 Å². The molecule has 0 unspecified atom stereocenters. The van der Waals surface area contributed by atoms with Crippen molar-refractivity contribution in [2.24, 2.45) is 0 Å². The SMILES string of the molecule is O=C(NCCNc1ncccn1)N[C@@H]1CCN2CCCC[C@H]12. The highest BCUT2D eigenvalue weighted by Crippen LogP contribution is 2.26. The van der Waals surface area contributed by atoms with Crippen molar-refractivity contribution < 1.29 is 4.79 Å². The van der Waals surface area contributed by atoms with Crippen LogP contribution >= 0.6 is 0 Å². The van der Waals surface area contributed by atoms with Gasteiger partial charge in [-0.05, 0) is 31.9 Å². The monoisotopic (exact) mass is 304 g/mol. The summed E-state index contributed by atoms with van der Waals surface area (Å²) in [5.41, 5.74) is 0. The zero-order chi connectivity index (χ0) is 15.2. The van der Waals surface area contributed by atoms with Crippen LogP contribution in [0.3, 0.4) is 0 Å². The number of nitrogens with zero attached hydrogens (tertiary/aromatic N) is 3. The number of carbonyl (C=O) groups is 1. The molecule has 0 bridgehead atoms. The lowest BCUT2D eigenvalue weighted by Gasteiger charge is -2.32. The molecule has 0 spiro atoms. The molecule has 22 heavy (non-hydrogen) atoms. The van der Waals surface area contributed by atoms with Crippen LogP contribution in [0.5, 0.6) is 0 Å². The minimum atomic E-state index is -0.0757. The second kappa shape index (κ2) is 7.40. The third-order valence-corrected chi connectivity index (χ3v) is 4.43. The molecule has 0 aliphatic carbocycles. The normalized spacial score (nSPS) is 24.5. The third kappa shape index (κ3) is 3.85. The van der Waals surface area contributed by atoms with E-state index in [-0.39, 0.29) is 6.03 Å². The van der Waals surface area contributed by atoms with Gasteiger partial charge in [-0.25, -0.2) is 14.8 Å². The molecule has 2 saturated heterocycles. The zero-order valence-electron chi connectivity index (χ0n) is 12.8. The van der Waals surface area contributed by atoms with Crippen LogP contribution < -0.4 is 16.0 Å². The fourth-order valence-electron chi connectivity index (χ4n) is 3.38. The number of fused-ring (bicyclic) bond motifs is 1. The third-order valence-electron chi connectivity index (χ3n) is 4.43. The molecule has 2 amide bonds. The van der Waals surface area contributed by atoms with Gasteiger partial charge in [0.2, 0.25) is 5.95 Å². The second-order valence-electron chi connectivity index (χ2n) is 5.89. The molecule has 7 nitrogen and oxygen atoms in total. The lowest BCUT2D eigenvalue weighted by molar-refractivity contribution is 0.179. The van der Waals surface area contributed by atoms with Crippen LogP contribution in [-0.4, -0.2) is 59.2 Å². The molecule has 1 aromatic heterocycles. The standard InChI is InChI=1S/C15H24N6O/c22-15(19-9-8-18-14-16-6-3-7-17-14)20-12-5-11-21-10-2-1-4-13(12)21/h3,6-7,12-13H,1-2,4-5,8-11H2,(H,16,17,18)(H2,19,20,22)/t12-,13-/m1/s1. The first-order valence-corrected chi connectivity index (χ1v) is 8.12. The molecule has 2 aliphatic rings. The molecule has 1 aromatic rings. The van der Waals surface area contributed by atoms with E-state index >= 15 is 0 Å². The molecule has 3 heterocycles. The maximum absolute atomic E-state index is 12.0. The van der Waals surface area contributed by atoms with E-state index in [0.29, 0.717) is 31.1 Å². The van der Waals surface area contributed by atoms with Crippen LogP contribution in [0.2, 0.25) is 0 Å². The molecule has 2 atom stereocenters. The van der Waals surface area contributed by atoms with Gasteiger partial charge in [0.1, 0.15) is 0 Å². The Labute approximate surface area is 130 Å². The fraction of sp³-hybridized carbons (Fsp3) is 0.667. The van der Waals surface area contributed by atoms with E-state index in [1.54, 1.807) is 18.5 Å². The average molecular weight is 304 g/mol. The number of carbonyl (C=O) groups excluding carboxylic acids is 1. The van der Waals surface area contributed by atoms with E-state index in [2.05, 4.69) is 30.8 Å². The number of hydrogen-bond acceptors (Lipinski definition) is 5. The van der Waals surface area contributed by atoms with Gasteiger partial charge in [0.15, 0.2) is 0 Å². The van der Waals surface area contributed by atoms with Crippen LogP contribution in [0.25, 0.3) is 0 Å². The van der Waals surface area contributed by atoms with Gasteiger partial charge in [0.05, 0.1) is 0 Å². The topological polar surface area (TPSA) is 82.2 Å². The van der Waals surface area contributed by atoms with Crippen molar-refractivity contribution in [3.05, 3.63) is 18.5 Å². The molecule has 3 rings (SSSR count). The molecule has 0 saturated carbocycles. The predicted molar refractivity (Wildman–Crippen MR) is 84.7 cm³/mol. The summed E-state index contributed by atoms with van der Waals surface area (Å²) in [4.78, 5) is 22.6. The molecule has 120 valence electrons. The maximum Gasteiger partial charge on any atom is 0.315 e. The van der Waals surface area contributed by atoms with Gasteiger partial charge in [0, 0.05) is 44.1 Å². The maximum atomic E-state index is 12.0. The van der Waals surface area contributed by atoms with E-state index in [0.717, 1.165) is 13.0 Å². The molecule has 3 N–H and O–H groups in total. The molecule has 0 aromatic carbocycles. The minimum absolute atomic E-state index is 0.0757. The van der Waals surface area contributed by atoms with E-state index in [1.807, 2.05) is 0 Å². The molecular weight excluding hydrogens is 280 g/mol. The molecule has 2 aliphatic heterocycles. The number of hydrogen-bond donors (Lipinski definition) is 3. The summed E-state index contributed by atoms with van der Waals surface area (Å²) in [5.74, 6) is 0.582. The van der Waals surface area contributed by atoms with E-state index in [9.17, 15) is 4.79 Å².